The summed E-state index contributed by atoms with van der Waals surface area (Å²) >= 11 is 0. The lowest BCUT2D eigenvalue weighted by Gasteiger charge is -2.20. The van der Waals surface area contributed by atoms with Gasteiger partial charge in [0.2, 0.25) is 0 Å². The first-order valence-corrected chi connectivity index (χ1v) is 20.1. The van der Waals surface area contributed by atoms with Crippen molar-refractivity contribution in [3.05, 3.63) is 52.4 Å². The number of azo groups is 1. The van der Waals surface area contributed by atoms with E-state index in [1.165, 1.54) is 0 Å². The van der Waals surface area contributed by atoms with Gasteiger partial charge < -0.3 is 71.4 Å². The number of aromatic hydroxyl groups is 1. The van der Waals surface area contributed by atoms with Crippen LogP contribution < -0.4 is 0 Å². The minimum atomic E-state index is -0.419. The maximum atomic E-state index is 11.4. The molecule has 19 nitrogen and oxygen atoms in total. The first-order chi connectivity index (χ1) is 29.2. The quantitative estimate of drug-likeness (QED) is 0.249. The summed E-state index contributed by atoms with van der Waals surface area (Å²) in [4.78, 5) is 10.9. The summed E-state index contributed by atoms with van der Waals surface area (Å²) in [6.07, 6.45) is -0.837. The van der Waals surface area contributed by atoms with Gasteiger partial charge in [0.15, 0.2) is 0 Å². The summed E-state index contributed by atoms with van der Waals surface area (Å²) < 4.78 is 80.3. The Kier molecular flexibility index (Phi) is 26.8. The second-order valence-electron chi connectivity index (χ2n) is 13.0. The summed E-state index contributed by atoms with van der Waals surface area (Å²) in [5, 5.41) is 23.1. The van der Waals surface area contributed by atoms with E-state index in [4.69, 9.17) is 66.3 Å². The lowest BCUT2D eigenvalue weighted by Crippen LogP contribution is -2.28. The fraction of sp³-hybridized carbons (Fsp3) is 0.700. The average molecular weight is 840 g/mol. The van der Waals surface area contributed by atoms with Crippen LogP contribution in [0.5, 0.6) is 5.75 Å². The Balaban J connectivity index is 1.37. The van der Waals surface area contributed by atoms with E-state index in [-0.39, 0.29) is 51.1 Å². The van der Waals surface area contributed by atoms with Crippen molar-refractivity contribution in [2.45, 2.75) is 25.4 Å². The minimum Gasteiger partial charge on any atom is -0.507 e. The molecule has 2 heterocycles. The van der Waals surface area contributed by atoms with Crippen molar-refractivity contribution >= 4 is 17.1 Å². The number of hydrogen-bond donors (Lipinski definition) is 1. The van der Waals surface area contributed by atoms with Gasteiger partial charge in [0.25, 0.3) is 0 Å². The second kappa shape index (κ2) is 32.6. The van der Waals surface area contributed by atoms with Gasteiger partial charge in [0.1, 0.15) is 23.6 Å². The fourth-order valence-corrected chi connectivity index (χ4v) is 5.34. The highest BCUT2D eigenvalue weighted by molar-refractivity contribution is 5.53. The number of phenolic OH excluding ortho intramolecular Hbond substituents is 1. The van der Waals surface area contributed by atoms with Crippen LogP contribution in [-0.4, -0.2) is 176 Å². The SMILES string of the molecule is O=Nc1ccc(N=Nc2cc(COCC3COCCOCCOCCOCCOCCO3)c(O)c(COCC3COCCOCCOCCOCCOCCO3)c2)cc1. The normalized spacial score (nSPS) is 22.1. The zero-order chi connectivity index (χ0) is 41.3. The molecule has 2 aliphatic rings. The van der Waals surface area contributed by atoms with Gasteiger partial charge in [-0.3, -0.25) is 0 Å². The molecule has 1 N–H and O–H groups in total. The molecule has 2 fully saturated rings. The molecule has 4 rings (SSSR count). The number of benzene rings is 2. The zero-order valence-corrected chi connectivity index (χ0v) is 33.9. The van der Waals surface area contributed by atoms with Crippen LogP contribution in [0, 0.1) is 4.91 Å². The second-order valence-corrected chi connectivity index (χ2v) is 13.0. The molecule has 2 aromatic rings. The van der Waals surface area contributed by atoms with Crippen molar-refractivity contribution in [1.82, 2.24) is 0 Å². The van der Waals surface area contributed by atoms with Gasteiger partial charge in [0.05, 0.1) is 183 Å². The molecule has 0 saturated carbocycles. The molecule has 2 unspecified atom stereocenters. The van der Waals surface area contributed by atoms with Crippen molar-refractivity contribution in [1.29, 1.82) is 0 Å². The maximum Gasteiger partial charge on any atom is 0.126 e. The summed E-state index contributed by atoms with van der Waals surface area (Å²) in [6.45, 7) is 9.44. The third-order valence-electron chi connectivity index (χ3n) is 8.36. The van der Waals surface area contributed by atoms with E-state index in [1.807, 2.05) is 0 Å². The Labute approximate surface area is 345 Å². The van der Waals surface area contributed by atoms with Crippen LogP contribution in [0.25, 0.3) is 0 Å². The van der Waals surface area contributed by atoms with E-state index < -0.39 is 12.2 Å². The van der Waals surface area contributed by atoms with Gasteiger partial charge in [-0.05, 0) is 41.6 Å². The Bertz CT molecular complexity index is 1290. The van der Waals surface area contributed by atoms with Crippen molar-refractivity contribution in [2.24, 2.45) is 15.4 Å². The van der Waals surface area contributed by atoms with Gasteiger partial charge >= 0.3 is 0 Å². The molecule has 2 atom stereocenters. The van der Waals surface area contributed by atoms with E-state index in [0.717, 1.165) is 0 Å². The van der Waals surface area contributed by atoms with Crippen LogP contribution in [0.1, 0.15) is 11.1 Å². The van der Waals surface area contributed by atoms with Crippen molar-refractivity contribution in [3.63, 3.8) is 0 Å². The van der Waals surface area contributed by atoms with Gasteiger partial charge in [0, 0.05) is 11.1 Å². The van der Waals surface area contributed by atoms with Gasteiger partial charge in [-0.2, -0.15) is 10.2 Å². The lowest BCUT2D eigenvalue weighted by molar-refractivity contribution is -0.0871. The molecule has 332 valence electrons. The molecule has 59 heavy (non-hydrogen) atoms. The Morgan fingerprint density at radius 1 is 0.458 bits per heavy atom. The molecule has 0 aliphatic carbocycles. The molecule has 2 aliphatic heterocycles. The van der Waals surface area contributed by atoms with Crippen LogP contribution in [-0.2, 0) is 79.5 Å². The highest BCUT2D eigenvalue weighted by Gasteiger charge is 2.17. The molecule has 0 bridgehead atoms. The summed E-state index contributed by atoms with van der Waals surface area (Å²) in [5.41, 5.74) is 2.16. The van der Waals surface area contributed by atoms with Gasteiger partial charge in [-0.15, -0.1) is 4.91 Å². The number of nitroso groups, excluding NO2 is 1. The van der Waals surface area contributed by atoms with Crippen LogP contribution in [0.4, 0.5) is 17.1 Å². The molecule has 0 radical (unpaired) electrons. The van der Waals surface area contributed by atoms with E-state index >= 15 is 0 Å². The van der Waals surface area contributed by atoms with E-state index in [2.05, 4.69) is 15.4 Å². The van der Waals surface area contributed by atoms with Crippen molar-refractivity contribution < 1.29 is 71.4 Å². The van der Waals surface area contributed by atoms with Crippen LogP contribution in [0.15, 0.2) is 51.8 Å². The third-order valence-corrected chi connectivity index (χ3v) is 8.36. The summed E-state index contributed by atoms with van der Waals surface area (Å²) in [5.74, 6) is -0.0115. The Morgan fingerprint density at radius 3 is 1.15 bits per heavy atom. The minimum absolute atomic E-state index is 0.0115. The topological polar surface area (TPSA) is 204 Å². The molecule has 2 aromatic carbocycles. The van der Waals surface area contributed by atoms with Crippen LogP contribution in [0.3, 0.4) is 0 Å². The largest absolute Gasteiger partial charge is 0.507 e. The molecular weight excluding hydrogens is 778 g/mol. The van der Waals surface area contributed by atoms with Crippen molar-refractivity contribution in [3.8, 4) is 5.75 Å². The highest BCUT2D eigenvalue weighted by atomic mass is 16.6. The number of hydrogen-bond acceptors (Lipinski definition) is 19. The number of nitrogens with zero attached hydrogens (tertiary/aromatic N) is 3. The Hall–Kier alpha value is -3.12. The Morgan fingerprint density at radius 2 is 0.780 bits per heavy atom. The molecule has 0 amide bonds. The van der Waals surface area contributed by atoms with Crippen LogP contribution >= 0.6 is 0 Å². The summed E-state index contributed by atoms with van der Waals surface area (Å²) in [7, 11) is 0. The number of ether oxygens (including phenoxy) is 14. The summed E-state index contributed by atoms with van der Waals surface area (Å²) in [6, 6.07) is 9.73. The first-order valence-electron chi connectivity index (χ1n) is 20.1. The monoisotopic (exact) mass is 839 g/mol. The molecule has 19 heteroatoms. The average Bonchev–Trinajstić information content (AvgIpc) is 3.25. The fourth-order valence-electron chi connectivity index (χ4n) is 5.34. The third kappa shape index (κ3) is 22.9. The standard InChI is InChI=1S/C40H61N3O16/c44-40-33(27-56-31-38-29-54-19-17-50-11-9-46-5-7-48-13-15-52-21-23-58-38)25-37(42-41-35-1-3-36(43-45)4-2-35)26-34(40)28-57-32-39-30-55-20-18-51-12-10-47-6-8-49-14-16-53-22-24-59-39/h1-4,25-26,38-39,44H,5-24,27-32H2. The maximum absolute atomic E-state index is 11.4. The molecule has 0 aromatic heterocycles. The smallest absolute Gasteiger partial charge is 0.126 e. The zero-order valence-electron chi connectivity index (χ0n) is 33.9. The number of rotatable bonds is 11. The predicted molar refractivity (Wildman–Crippen MR) is 211 cm³/mol. The lowest BCUT2D eigenvalue weighted by atomic mass is 10.1. The van der Waals surface area contributed by atoms with Crippen molar-refractivity contribution in [2.75, 3.05) is 159 Å². The highest BCUT2D eigenvalue weighted by Crippen LogP contribution is 2.31. The number of phenols is 1. The molecule has 0 spiro atoms. The van der Waals surface area contributed by atoms with E-state index in [0.29, 0.717) is 155 Å². The van der Waals surface area contributed by atoms with Gasteiger partial charge in [-0.25, -0.2) is 0 Å². The van der Waals surface area contributed by atoms with E-state index in [9.17, 15) is 10.0 Å². The van der Waals surface area contributed by atoms with Crippen LogP contribution in [0.2, 0.25) is 0 Å². The van der Waals surface area contributed by atoms with E-state index in [1.54, 1.807) is 36.4 Å². The molecule has 2 saturated heterocycles. The first kappa shape index (κ1) is 48.5. The van der Waals surface area contributed by atoms with Gasteiger partial charge in [-0.1, -0.05) is 0 Å². The molecular formula is C40H61N3O16. The predicted octanol–water partition coefficient (Wildman–Crippen LogP) is 4.20.